The maximum absolute atomic E-state index is 14.4. The Morgan fingerprint density at radius 2 is 1.68 bits per heavy atom. The summed E-state index contributed by atoms with van der Waals surface area (Å²) in [4.78, 5) is 11.5. The van der Waals surface area contributed by atoms with Gasteiger partial charge in [0.2, 0.25) is 0 Å². The molecule has 3 nitrogen and oxygen atoms in total. The molecule has 0 aliphatic heterocycles. The highest BCUT2D eigenvalue weighted by Gasteiger charge is 2.16. The normalized spacial score (nSPS) is 10.7. The first-order valence-corrected chi connectivity index (χ1v) is 10.1. The monoisotopic (exact) mass is 448 g/mol. The number of hydrogen-bond donors (Lipinski definition) is 0. The number of ether oxygens (including phenoxy) is 2. The van der Waals surface area contributed by atoms with Crippen LogP contribution in [-0.2, 0) is 22.4 Å². The van der Waals surface area contributed by atoms with Gasteiger partial charge in [-0.3, -0.25) is 0 Å². The summed E-state index contributed by atoms with van der Waals surface area (Å²) in [6.07, 6.45) is 0.262. The summed E-state index contributed by atoms with van der Waals surface area (Å²) in [7, 11) is 0. The molecule has 0 aromatic heterocycles. The van der Waals surface area contributed by atoms with Crippen molar-refractivity contribution in [3.05, 3.63) is 88.2 Å². The average Bonchev–Trinajstić information content (AvgIpc) is 2.74. The first kappa shape index (κ1) is 22.7. The van der Waals surface area contributed by atoms with Gasteiger partial charge >= 0.3 is 5.97 Å². The zero-order valence-corrected chi connectivity index (χ0v) is 17.5. The van der Waals surface area contributed by atoms with E-state index in [4.69, 9.17) is 21.1 Å². The lowest BCUT2D eigenvalue weighted by Crippen LogP contribution is -2.15. The zero-order valence-electron chi connectivity index (χ0n) is 16.8. The lowest BCUT2D eigenvalue weighted by Gasteiger charge is -2.13. The topological polar surface area (TPSA) is 35.5 Å². The zero-order chi connectivity index (χ0) is 22.4. The molecule has 0 amide bonds. The van der Waals surface area contributed by atoms with Crippen LogP contribution in [0.4, 0.5) is 13.2 Å². The van der Waals surface area contributed by atoms with Gasteiger partial charge in [0.1, 0.15) is 23.2 Å². The molecule has 0 saturated carbocycles. The molecule has 0 fully saturated rings. The number of carbonyl (C=O) groups excluding carboxylic acids is 1. The fraction of sp³-hybridized carbons (Fsp3) is 0.208. The summed E-state index contributed by atoms with van der Waals surface area (Å²) in [5.74, 6) is -1.83. The number of esters is 1. The Balaban J connectivity index is 1.78. The third-order valence-corrected chi connectivity index (χ3v) is 5.06. The van der Waals surface area contributed by atoms with E-state index in [1.807, 2.05) is 0 Å². The molecule has 0 aliphatic carbocycles. The van der Waals surface area contributed by atoms with Gasteiger partial charge in [-0.25, -0.2) is 18.0 Å². The van der Waals surface area contributed by atoms with Gasteiger partial charge in [0.15, 0.2) is 6.61 Å². The van der Waals surface area contributed by atoms with E-state index < -0.39 is 23.4 Å². The quantitative estimate of drug-likeness (QED) is 0.388. The van der Waals surface area contributed by atoms with E-state index in [1.54, 1.807) is 31.2 Å². The standard InChI is InChI=1S/C24H20ClF3O3/c1-2-30-23(29)14-31-22-11-10-21(28)19(24(22)25)8-6-17-12-16(7-9-20(17)27)15-4-3-5-18(26)13-15/h3-5,7,9-13H,2,6,8,14H2,1H3. The molecule has 0 aliphatic rings. The Morgan fingerprint density at radius 1 is 0.935 bits per heavy atom. The van der Waals surface area contributed by atoms with Crippen LogP contribution < -0.4 is 4.74 Å². The van der Waals surface area contributed by atoms with Crippen LogP contribution in [0.25, 0.3) is 11.1 Å². The molecule has 0 bridgehead atoms. The van der Waals surface area contributed by atoms with Gasteiger partial charge in [-0.05, 0) is 72.9 Å². The van der Waals surface area contributed by atoms with Gasteiger partial charge in [-0.1, -0.05) is 29.8 Å². The Labute approximate surface area is 183 Å². The van der Waals surface area contributed by atoms with Crippen LogP contribution in [0.2, 0.25) is 5.02 Å². The van der Waals surface area contributed by atoms with Gasteiger partial charge in [0, 0.05) is 5.56 Å². The van der Waals surface area contributed by atoms with E-state index in [9.17, 15) is 18.0 Å². The summed E-state index contributed by atoms with van der Waals surface area (Å²) >= 11 is 6.27. The molecule has 3 aromatic carbocycles. The smallest absolute Gasteiger partial charge is 0.344 e. The molecule has 3 rings (SSSR count). The second-order valence-electron chi connectivity index (χ2n) is 6.75. The molecule has 3 aromatic rings. The summed E-state index contributed by atoms with van der Waals surface area (Å²) in [5.41, 5.74) is 1.75. The lowest BCUT2D eigenvalue weighted by atomic mass is 9.98. The largest absolute Gasteiger partial charge is 0.480 e. The predicted octanol–water partition coefficient (Wildman–Crippen LogP) is 6.15. The highest BCUT2D eigenvalue weighted by atomic mass is 35.5. The van der Waals surface area contributed by atoms with Crippen molar-refractivity contribution in [2.24, 2.45) is 0 Å². The first-order chi connectivity index (χ1) is 14.9. The molecule has 0 spiro atoms. The maximum atomic E-state index is 14.4. The molecule has 0 atom stereocenters. The van der Waals surface area contributed by atoms with Crippen LogP contribution in [0.1, 0.15) is 18.1 Å². The van der Waals surface area contributed by atoms with E-state index >= 15 is 0 Å². The van der Waals surface area contributed by atoms with Crippen molar-refractivity contribution in [2.45, 2.75) is 19.8 Å². The fourth-order valence-electron chi connectivity index (χ4n) is 3.13. The maximum Gasteiger partial charge on any atom is 0.344 e. The van der Waals surface area contributed by atoms with Gasteiger partial charge in [0.05, 0.1) is 11.6 Å². The molecule has 7 heteroatoms. The average molecular weight is 449 g/mol. The van der Waals surface area contributed by atoms with E-state index in [-0.39, 0.29) is 42.4 Å². The van der Waals surface area contributed by atoms with Crippen molar-refractivity contribution in [3.63, 3.8) is 0 Å². The van der Waals surface area contributed by atoms with E-state index in [0.717, 1.165) is 0 Å². The highest BCUT2D eigenvalue weighted by molar-refractivity contribution is 6.32. The van der Waals surface area contributed by atoms with Crippen LogP contribution in [0.5, 0.6) is 5.75 Å². The molecule has 0 N–H and O–H groups in total. The SMILES string of the molecule is CCOC(=O)COc1ccc(F)c(CCc2cc(-c3cccc(F)c3)ccc2F)c1Cl. The second kappa shape index (κ2) is 10.4. The molecular weight excluding hydrogens is 429 g/mol. The van der Waals surface area contributed by atoms with E-state index in [0.29, 0.717) is 16.7 Å². The highest BCUT2D eigenvalue weighted by Crippen LogP contribution is 2.32. The third kappa shape index (κ3) is 5.79. The Kier molecular flexibility index (Phi) is 7.58. The molecular formula is C24H20ClF3O3. The molecule has 31 heavy (non-hydrogen) atoms. The van der Waals surface area contributed by atoms with Crippen molar-refractivity contribution >= 4 is 17.6 Å². The third-order valence-electron chi connectivity index (χ3n) is 4.65. The van der Waals surface area contributed by atoms with Gasteiger partial charge < -0.3 is 9.47 Å². The van der Waals surface area contributed by atoms with Gasteiger partial charge in [-0.2, -0.15) is 0 Å². The summed E-state index contributed by atoms with van der Waals surface area (Å²) in [5, 5.41) is 0.0194. The lowest BCUT2D eigenvalue weighted by molar-refractivity contribution is -0.145. The van der Waals surface area contributed by atoms with Crippen molar-refractivity contribution in [2.75, 3.05) is 13.2 Å². The van der Waals surface area contributed by atoms with Crippen molar-refractivity contribution in [1.82, 2.24) is 0 Å². The minimum atomic E-state index is -0.569. The number of benzene rings is 3. The van der Waals surface area contributed by atoms with Crippen molar-refractivity contribution in [1.29, 1.82) is 0 Å². The number of hydrogen-bond acceptors (Lipinski definition) is 3. The Morgan fingerprint density at radius 3 is 2.42 bits per heavy atom. The summed E-state index contributed by atoms with van der Waals surface area (Å²) in [6, 6.07) is 13.0. The van der Waals surface area contributed by atoms with Crippen LogP contribution in [-0.4, -0.2) is 19.2 Å². The molecule has 0 radical (unpaired) electrons. The molecule has 0 saturated heterocycles. The van der Waals surface area contributed by atoms with Crippen molar-refractivity contribution < 1.29 is 27.4 Å². The molecule has 0 heterocycles. The van der Waals surface area contributed by atoms with E-state index in [2.05, 4.69) is 0 Å². The Bertz CT molecular complexity index is 1090. The first-order valence-electron chi connectivity index (χ1n) is 9.68. The number of halogens is 4. The van der Waals surface area contributed by atoms with Crippen LogP contribution in [0.3, 0.4) is 0 Å². The van der Waals surface area contributed by atoms with Crippen LogP contribution in [0, 0.1) is 17.5 Å². The number of carbonyl (C=O) groups is 1. The van der Waals surface area contributed by atoms with Gasteiger partial charge in [-0.15, -0.1) is 0 Å². The second-order valence-corrected chi connectivity index (χ2v) is 7.13. The molecule has 0 unspecified atom stereocenters. The van der Waals surface area contributed by atoms with Gasteiger partial charge in [0.25, 0.3) is 0 Å². The van der Waals surface area contributed by atoms with Crippen LogP contribution >= 0.6 is 11.6 Å². The number of rotatable bonds is 8. The minimum absolute atomic E-state index is 0.0194. The number of aryl methyl sites for hydroxylation is 1. The molecule has 162 valence electrons. The minimum Gasteiger partial charge on any atom is -0.480 e. The summed E-state index contributed by atoms with van der Waals surface area (Å²) < 4.78 is 52.4. The fourth-order valence-corrected chi connectivity index (χ4v) is 3.43. The Hall–Kier alpha value is -2.99. The predicted molar refractivity (Wildman–Crippen MR) is 113 cm³/mol. The van der Waals surface area contributed by atoms with Crippen molar-refractivity contribution in [3.8, 4) is 16.9 Å². The van der Waals surface area contributed by atoms with Crippen LogP contribution in [0.15, 0.2) is 54.6 Å². The van der Waals surface area contributed by atoms with E-state index in [1.165, 1.54) is 30.3 Å². The summed E-state index contributed by atoms with van der Waals surface area (Å²) in [6.45, 7) is 1.52.